The van der Waals surface area contributed by atoms with E-state index in [9.17, 15) is 0 Å². The number of rotatable bonds is 8. The van der Waals surface area contributed by atoms with Crippen molar-refractivity contribution >= 4 is 10.9 Å². The zero-order valence-electron chi connectivity index (χ0n) is 15.3. The van der Waals surface area contributed by atoms with Crippen LogP contribution in [0.2, 0.25) is 0 Å². The molecule has 0 spiro atoms. The largest absolute Gasteiger partial charge is 0.496 e. The standard InChI is InChI=1S/C22H27N3O/c1-26-21-9-8-20-22-17(15-25-20)12-18(13-19(21)22)24-11-5-10-23-14-16-6-3-2-4-7-16/h2-4,6-9,15,18,23-25H,5,10-14H2,1H3. The van der Waals surface area contributed by atoms with Crippen molar-refractivity contribution in [2.45, 2.75) is 31.8 Å². The maximum atomic E-state index is 5.60. The predicted octanol–water partition coefficient (Wildman–Crippen LogP) is 3.41. The third-order valence-electron chi connectivity index (χ3n) is 5.26. The third-order valence-corrected chi connectivity index (χ3v) is 5.26. The molecule has 0 bridgehead atoms. The molecule has 3 N–H and O–H groups in total. The lowest BCUT2D eigenvalue weighted by atomic mass is 9.88. The van der Waals surface area contributed by atoms with E-state index in [1.165, 1.54) is 27.6 Å². The van der Waals surface area contributed by atoms with Crippen LogP contribution < -0.4 is 15.4 Å². The Morgan fingerprint density at radius 1 is 1.08 bits per heavy atom. The van der Waals surface area contributed by atoms with Crippen molar-refractivity contribution in [2.24, 2.45) is 0 Å². The van der Waals surface area contributed by atoms with E-state index in [1.807, 2.05) is 0 Å². The number of aromatic nitrogens is 1. The smallest absolute Gasteiger partial charge is 0.122 e. The van der Waals surface area contributed by atoms with Crippen LogP contribution in [0.15, 0.2) is 48.7 Å². The highest BCUT2D eigenvalue weighted by Gasteiger charge is 2.24. The topological polar surface area (TPSA) is 49.1 Å². The molecule has 0 radical (unpaired) electrons. The fourth-order valence-corrected chi connectivity index (χ4v) is 3.98. The van der Waals surface area contributed by atoms with Crippen molar-refractivity contribution in [3.63, 3.8) is 0 Å². The molecule has 4 heteroatoms. The van der Waals surface area contributed by atoms with E-state index >= 15 is 0 Å². The van der Waals surface area contributed by atoms with Gasteiger partial charge in [-0.15, -0.1) is 0 Å². The van der Waals surface area contributed by atoms with Crippen LogP contribution in [0.4, 0.5) is 0 Å². The number of methoxy groups -OCH3 is 1. The van der Waals surface area contributed by atoms with Gasteiger partial charge in [0, 0.05) is 35.2 Å². The van der Waals surface area contributed by atoms with Gasteiger partial charge in [0.2, 0.25) is 0 Å². The van der Waals surface area contributed by atoms with Gasteiger partial charge in [-0.25, -0.2) is 0 Å². The van der Waals surface area contributed by atoms with Crippen LogP contribution in [-0.2, 0) is 19.4 Å². The SMILES string of the molecule is COc1ccc2[nH]cc3c2c1CC(NCCCNCc1ccccc1)C3. The molecule has 0 saturated heterocycles. The summed E-state index contributed by atoms with van der Waals surface area (Å²) < 4.78 is 5.60. The highest BCUT2D eigenvalue weighted by molar-refractivity contribution is 5.89. The Morgan fingerprint density at radius 2 is 1.96 bits per heavy atom. The van der Waals surface area contributed by atoms with Gasteiger partial charge >= 0.3 is 0 Å². The normalized spacial score (nSPS) is 16.1. The summed E-state index contributed by atoms with van der Waals surface area (Å²) in [4.78, 5) is 3.40. The van der Waals surface area contributed by atoms with Crippen molar-refractivity contribution < 1.29 is 4.74 Å². The summed E-state index contributed by atoms with van der Waals surface area (Å²) in [5.41, 5.74) is 5.30. The molecule has 0 fully saturated rings. The first-order chi connectivity index (χ1) is 12.8. The fraction of sp³-hybridized carbons (Fsp3) is 0.364. The molecule has 4 rings (SSSR count). The number of aromatic amines is 1. The van der Waals surface area contributed by atoms with Crippen LogP contribution in [0.3, 0.4) is 0 Å². The monoisotopic (exact) mass is 349 g/mol. The molecule has 26 heavy (non-hydrogen) atoms. The van der Waals surface area contributed by atoms with E-state index in [0.29, 0.717) is 6.04 Å². The molecule has 1 aliphatic rings. The molecule has 0 saturated carbocycles. The lowest BCUT2D eigenvalue weighted by Crippen LogP contribution is -2.36. The van der Waals surface area contributed by atoms with E-state index in [4.69, 9.17) is 4.74 Å². The molecule has 0 aliphatic heterocycles. The molecule has 1 aliphatic carbocycles. The van der Waals surface area contributed by atoms with Crippen LogP contribution >= 0.6 is 0 Å². The van der Waals surface area contributed by atoms with Gasteiger partial charge in [0.15, 0.2) is 0 Å². The van der Waals surface area contributed by atoms with Crippen molar-refractivity contribution in [3.05, 3.63) is 65.4 Å². The Labute approximate surface area is 155 Å². The molecule has 0 amide bonds. The Morgan fingerprint density at radius 3 is 2.81 bits per heavy atom. The van der Waals surface area contributed by atoms with Gasteiger partial charge in [0.1, 0.15) is 5.75 Å². The molecule has 3 aromatic rings. The minimum atomic E-state index is 0.479. The van der Waals surface area contributed by atoms with E-state index < -0.39 is 0 Å². The maximum absolute atomic E-state index is 5.60. The van der Waals surface area contributed by atoms with Crippen LogP contribution in [0, 0.1) is 0 Å². The second-order valence-corrected chi connectivity index (χ2v) is 7.06. The van der Waals surface area contributed by atoms with Crippen molar-refractivity contribution in [1.82, 2.24) is 15.6 Å². The third kappa shape index (κ3) is 3.62. The van der Waals surface area contributed by atoms with Crippen molar-refractivity contribution in [1.29, 1.82) is 0 Å². The van der Waals surface area contributed by atoms with Crippen molar-refractivity contribution in [3.8, 4) is 5.75 Å². The van der Waals surface area contributed by atoms with Gasteiger partial charge in [-0.1, -0.05) is 30.3 Å². The van der Waals surface area contributed by atoms with Crippen LogP contribution in [0.1, 0.15) is 23.1 Å². The molecule has 2 aromatic carbocycles. The van der Waals surface area contributed by atoms with E-state index in [-0.39, 0.29) is 0 Å². The summed E-state index contributed by atoms with van der Waals surface area (Å²) in [6.07, 6.45) is 5.40. The summed E-state index contributed by atoms with van der Waals surface area (Å²) in [5, 5.41) is 8.62. The lowest BCUT2D eigenvalue weighted by molar-refractivity contribution is 0.403. The van der Waals surface area contributed by atoms with Gasteiger partial charge in [-0.2, -0.15) is 0 Å². The number of hydrogen-bond acceptors (Lipinski definition) is 3. The average Bonchev–Trinajstić information content (AvgIpc) is 3.10. The first-order valence-corrected chi connectivity index (χ1v) is 9.49. The Balaban J connectivity index is 1.26. The molecule has 1 atom stereocenters. The highest BCUT2D eigenvalue weighted by Crippen LogP contribution is 2.35. The number of hydrogen-bond donors (Lipinski definition) is 3. The lowest BCUT2D eigenvalue weighted by Gasteiger charge is -2.25. The second kappa shape index (κ2) is 7.94. The van der Waals surface area contributed by atoms with Crippen LogP contribution in [0.5, 0.6) is 5.75 Å². The first-order valence-electron chi connectivity index (χ1n) is 9.49. The van der Waals surface area contributed by atoms with Gasteiger partial charge in [-0.3, -0.25) is 0 Å². The van der Waals surface area contributed by atoms with Crippen molar-refractivity contribution in [2.75, 3.05) is 20.2 Å². The zero-order valence-corrected chi connectivity index (χ0v) is 15.3. The second-order valence-electron chi connectivity index (χ2n) is 7.06. The summed E-state index contributed by atoms with van der Waals surface area (Å²) in [6.45, 7) is 3.00. The van der Waals surface area contributed by atoms with Gasteiger partial charge in [-0.05, 0) is 55.6 Å². The minimum absolute atomic E-state index is 0.479. The van der Waals surface area contributed by atoms with E-state index in [1.54, 1.807) is 7.11 Å². The predicted molar refractivity (Wildman–Crippen MR) is 107 cm³/mol. The van der Waals surface area contributed by atoms with Crippen LogP contribution in [0.25, 0.3) is 10.9 Å². The van der Waals surface area contributed by atoms with E-state index in [2.05, 4.69) is 64.3 Å². The Bertz CT molecular complexity index is 856. The van der Waals surface area contributed by atoms with Gasteiger partial charge in [0.25, 0.3) is 0 Å². The van der Waals surface area contributed by atoms with Crippen LogP contribution in [-0.4, -0.2) is 31.2 Å². The molecule has 4 nitrogen and oxygen atoms in total. The number of nitrogens with one attached hydrogen (secondary N) is 3. The molecule has 136 valence electrons. The molecular formula is C22H27N3O. The summed E-state index contributed by atoms with van der Waals surface area (Å²) in [7, 11) is 1.76. The molecule has 1 aromatic heterocycles. The quantitative estimate of drug-likeness (QED) is 0.546. The van der Waals surface area contributed by atoms with Gasteiger partial charge < -0.3 is 20.4 Å². The highest BCUT2D eigenvalue weighted by atomic mass is 16.5. The zero-order chi connectivity index (χ0) is 17.8. The Kier molecular flexibility index (Phi) is 5.23. The number of H-pyrrole nitrogens is 1. The molecular weight excluding hydrogens is 322 g/mol. The summed E-state index contributed by atoms with van der Waals surface area (Å²) in [6, 6.07) is 15.2. The van der Waals surface area contributed by atoms with E-state index in [0.717, 1.165) is 44.6 Å². The van der Waals surface area contributed by atoms with Gasteiger partial charge in [0.05, 0.1) is 7.11 Å². The minimum Gasteiger partial charge on any atom is -0.496 e. The maximum Gasteiger partial charge on any atom is 0.122 e. The molecule has 1 heterocycles. The average molecular weight is 349 g/mol. The fourth-order valence-electron chi connectivity index (χ4n) is 3.98. The summed E-state index contributed by atoms with van der Waals surface area (Å²) >= 11 is 0. The molecule has 1 unspecified atom stereocenters. The summed E-state index contributed by atoms with van der Waals surface area (Å²) in [5.74, 6) is 1.01. The number of ether oxygens (including phenoxy) is 1. The Hall–Kier alpha value is -2.30. The first kappa shape index (κ1) is 17.1. The number of benzene rings is 2.